The van der Waals surface area contributed by atoms with Gasteiger partial charge in [-0.15, -0.1) is 11.3 Å². The lowest BCUT2D eigenvalue weighted by molar-refractivity contribution is -0.121. The van der Waals surface area contributed by atoms with E-state index in [1.807, 2.05) is 30.3 Å². The molecule has 2 aliphatic heterocycles. The first kappa shape index (κ1) is 21.2. The number of thiazole rings is 1. The number of ether oxygens (including phenoxy) is 1. The van der Waals surface area contributed by atoms with Crippen LogP contribution in [-0.2, 0) is 14.3 Å². The summed E-state index contributed by atoms with van der Waals surface area (Å²) < 4.78 is 6.51. The molecule has 0 aliphatic carbocycles. The number of imide groups is 1. The third kappa shape index (κ3) is 4.31. The first-order valence-electron chi connectivity index (χ1n) is 11.0. The molecule has 0 radical (unpaired) electrons. The van der Waals surface area contributed by atoms with Gasteiger partial charge in [-0.3, -0.25) is 14.5 Å². The van der Waals surface area contributed by atoms with Gasteiger partial charge in [-0.25, -0.2) is 9.88 Å². The fourth-order valence-electron chi connectivity index (χ4n) is 4.19. The van der Waals surface area contributed by atoms with Gasteiger partial charge in [0.1, 0.15) is 5.01 Å². The summed E-state index contributed by atoms with van der Waals surface area (Å²) in [6.07, 6.45) is 0.195. The fraction of sp³-hybridized carbons (Fsp3) is 0.375. The SMILES string of the molecule is Cc1ccc2nc(-c3ccc(N4C(=O)CC(NCCN5CCOCC5)C4=O)cc3)sc2c1. The van der Waals surface area contributed by atoms with Crippen molar-refractivity contribution < 1.29 is 14.3 Å². The van der Waals surface area contributed by atoms with Crippen LogP contribution in [0.4, 0.5) is 5.69 Å². The molecule has 3 aromatic rings. The number of anilines is 1. The summed E-state index contributed by atoms with van der Waals surface area (Å²) in [5.41, 5.74) is 3.78. The van der Waals surface area contributed by atoms with E-state index >= 15 is 0 Å². The summed E-state index contributed by atoms with van der Waals surface area (Å²) in [6.45, 7) is 6.91. The van der Waals surface area contributed by atoms with E-state index in [1.165, 1.54) is 10.5 Å². The molecule has 166 valence electrons. The standard InChI is InChI=1S/C24H26N4O3S/c1-16-2-7-19-21(14-16)32-23(26-19)17-3-5-18(6-4-17)28-22(29)15-20(24(28)30)25-8-9-27-10-12-31-13-11-27/h2-7,14,20,25H,8-13,15H2,1H3. The molecule has 0 spiro atoms. The molecule has 1 aromatic heterocycles. The Kier molecular flexibility index (Phi) is 6.01. The molecule has 1 N–H and O–H groups in total. The fourth-order valence-corrected chi connectivity index (χ4v) is 5.26. The van der Waals surface area contributed by atoms with Gasteiger partial charge in [0.2, 0.25) is 5.91 Å². The lowest BCUT2D eigenvalue weighted by Gasteiger charge is -2.27. The Hall–Kier alpha value is -2.65. The van der Waals surface area contributed by atoms with E-state index in [4.69, 9.17) is 9.72 Å². The average molecular weight is 451 g/mol. The molecule has 8 heteroatoms. The first-order valence-corrected chi connectivity index (χ1v) is 11.8. The number of nitrogens with zero attached hydrogens (tertiary/aromatic N) is 3. The number of nitrogens with one attached hydrogen (secondary N) is 1. The molecule has 32 heavy (non-hydrogen) atoms. The van der Waals surface area contributed by atoms with Gasteiger partial charge in [-0.2, -0.15) is 0 Å². The number of carbonyl (C=O) groups excluding carboxylic acids is 2. The van der Waals surface area contributed by atoms with Gasteiger partial charge in [-0.1, -0.05) is 6.07 Å². The highest BCUT2D eigenvalue weighted by atomic mass is 32.1. The Morgan fingerprint density at radius 3 is 2.69 bits per heavy atom. The van der Waals surface area contributed by atoms with Crippen LogP contribution in [0.3, 0.4) is 0 Å². The second-order valence-corrected chi connectivity index (χ2v) is 9.30. The molecular weight excluding hydrogens is 424 g/mol. The van der Waals surface area contributed by atoms with Crippen molar-refractivity contribution >= 4 is 39.1 Å². The van der Waals surface area contributed by atoms with Gasteiger partial charge in [0.15, 0.2) is 0 Å². The van der Waals surface area contributed by atoms with Crippen LogP contribution in [0.15, 0.2) is 42.5 Å². The summed E-state index contributed by atoms with van der Waals surface area (Å²) in [5, 5.41) is 4.19. The van der Waals surface area contributed by atoms with Gasteiger partial charge < -0.3 is 10.1 Å². The zero-order valence-corrected chi connectivity index (χ0v) is 18.9. The van der Waals surface area contributed by atoms with Crippen molar-refractivity contribution in [1.82, 2.24) is 15.2 Å². The second-order valence-electron chi connectivity index (χ2n) is 8.27. The van der Waals surface area contributed by atoms with Crippen LogP contribution in [0.5, 0.6) is 0 Å². The summed E-state index contributed by atoms with van der Waals surface area (Å²) in [4.78, 5) is 33.8. The number of carbonyl (C=O) groups is 2. The summed E-state index contributed by atoms with van der Waals surface area (Å²) in [5.74, 6) is -0.345. The van der Waals surface area contributed by atoms with E-state index in [-0.39, 0.29) is 18.2 Å². The van der Waals surface area contributed by atoms with Gasteiger partial charge in [0, 0.05) is 31.7 Å². The van der Waals surface area contributed by atoms with Crippen LogP contribution in [0.2, 0.25) is 0 Å². The normalized spacial score (nSPS) is 19.9. The minimum Gasteiger partial charge on any atom is -0.379 e. The number of aromatic nitrogens is 1. The van der Waals surface area contributed by atoms with E-state index in [0.717, 1.165) is 53.6 Å². The van der Waals surface area contributed by atoms with E-state index < -0.39 is 6.04 Å². The zero-order valence-electron chi connectivity index (χ0n) is 18.0. The Labute approximate surface area is 191 Å². The largest absolute Gasteiger partial charge is 0.379 e. The lowest BCUT2D eigenvalue weighted by atomic mass is 10.2. The van der Waals surface area contributed by atoms with Crippen LogP contribution < -0.4 is 10.2 Å². The molecule has 0 bridgehead atoms. The highest BCUT2D eigenvalue weighted by Crippen LogP contribution is 2.32. The molecule has 3 heterocycles. The van der Waals surface area contributed by atoms with Crippen LogP contribution >= 0.6 is 11.3 Å². The maximum Gasteiger partial charge on any atom is 0.251 e. The Morgan fingerprint density at radius 2 is 1.91 bits per heavy atom. The summed E-state index contributed by atoms with van der Waals surface area (Å²) in [7, 11) is 0. The first-order chi connectivity index (χ1) is 15.6. The second kappa shape index (κ2) is 9.07. The third-order valence-electron chi connectivity index (χ3n) is 5.99. The van der Waals surface area contributed by atoms with Gasteiger partial charge >= 0.3 is 0 Å². The van der Waals surface area contributed by atoms with E-state index in [0.29, 0.717) is 12.2 Å². The van der Waals surface area contributed by atoms with Crippen LogP contribution in [0.1, 0.15) is 12.0 Å². The maximum absolute atomic E-state index is 12.9. The zero-order chi connectivity index (χ0) is 22.1. The minimum absolute atomic E-state index is 0.165. The highest BCUT2D eigenvalue weighted by Gasteiger charge is 2.39. The van der Waals surface area contributed by atoms with Crippen LogP contribution in [-0.4, -0.2) is 67.1 Å². The maximum atomic E-state index is 12.9. The quantitative estimate of drug-likeness (QED) is 0.582. The molecule has 2 aliphatic rings. The molecule has 7 nitrogen and oxygen atoms in total. The number of benzene rings is 2. The molecule has 2 saturated heterocycles. The molecule has 5 rings (SSSR count). The van der Waals surface area contributed by atoms with E-state index in [9.17, 15) is 9.59 Å². The molecular formula is C24H26N4O3S. The summed E-state index contributed by atoms with van der Waals surface area (Å²) >= 11 is 1.64. The lowest BCUT2D eigenvalue weighted by Crippen LogP contribution is -2.44. The number of amides is 2. The van der Waals surface area contributed by atoms with Gasteiger partial charge in [-0.05, 0) is 48.9 Å². The summed E-state index contributed by atoms with van der Waals surface area (Å²) in [6, 6.07) is 13.3. The topological polar surface area (TPSA) is 74.8 Å². The van der Waals surface area contributed by atoms with Crippen LogP contribution in [0, 0.1) is 6.92 Å². The third-order valence-corrected chi connectivity index (χ3v) is 7.05. The average Bonchev–Trinajstić information content (AvgIpc) is 3.34. The van der Waals surface area contributed by atoms with Crippen molar-refractivity contribution in [2.24, 2.45) is 0 Å². The van der Waals surface area contributed by atoms with Crippen molar-refractivity contribution in [2.75, 3.05) is 44.3 Å². The number of hydrogen-bond donors (Lipinski definition) is 1. The van der Waals surface area contributed by atoms with Crippen molar-refractivity contribution in [2.45, 2.75) is 19.4 Å². The predicted molar refractivity (Wildman–Crippen MR) is 126 cm³/mol. The smallest absolute Gasteiger partial charge is 0.251 e. The van der Waals surface area contributed by atoms with Gasteiger partial charge in [0.25, 0.3) is 5.91 Å². The molecule has 2 fully saturated rings. The van der Waals surface area contributed by atoms with Crippen molar-refractivity contribution in [3.05, 3.63) is 48.0 Å². The predicted octanol–water partition coefficient (Wildman–Crippen LogP) is 2.83. The van der Waals surface area contributed by atoms with Crippen molar-refractivity contribution in [1.29, 1.82) is 0 Å². The number of rotatable bonds is 6. The number of fused-ring (bicyclic) bond motifs is 1. The molecule has 0 saturated carbocycles. The Morgan fingerprint density at radius 1 is 1.12 bits per heavy atom. The monoisotopic (exact) mass is 450 g/mol. The minimum atomic E-state index is -0.462. The number of hydrogen-bond acceptors (Lipinski definition) is 7. The number of morpholine rings is 1. The molecule has 2 aromatic carbocycles. The highest BCUT2D eigenvalue weighted by molar-refractivity contribution is 7.21. The molecule has 1 unspecified atom stereocenters. The molecule has 1 atom stereocenters. The van der Waals surface area contributed by atoms with E-state index in [1.54, 1.807) is 11.3 Å². The van der Waals surface area contributed by atoms with E-state index in [2.05, 4.69) is 29.3 Å². The van der Waals surface area contributed by atoms with Crippen molar-refractivity contribution in [3.63, 3.8) is 0 Å². The Bertz CT molecular complexity index is 1140. The number of aryl methyl sites for hydroxylation is 1. The Balaban J connectivity index is 1.24. The van der Waals surface area contributed by atoms with Crippen molar-refractivity contribution in [3.8, 4) is 10.6 Å². The van der Waals surface area contributed by atoms with Crippen LogP contribution in [0.25, 0.3) is 20.8 Å². The molecule has 2 amide bonds. The van der Waals surface area contributed by atoms with Gasteiger partial charge in [0.05, 0.1) is 41.6 Å².